The van der Waals surface area contributed by atoms with Crippen molar-refractivity contribution in [1.29, 1.82) is 0 Å². The largest absolute Gasteiger partial charge is 0.437 e. The summed E-state index contributed by atoms with van der Waals surface area (Å²) in [5.41, 5.74) is 3.98. The summed E-state index contributed by atoms with van der Waals surface area (Å²) >= 11 is 6.46. The third-order valence-electron chi connectivity index (χ3n) is 6.56. The van der Waals surface area contributed by atoms with Gasteiger partial charge in [-0.25, -0.2) is 4.68 Å². The van der Waals surface area contributed by atoms with Crippen LogP contribution in [0.4, 0.5) is 0 Å². The molecule has 1 aliphatic rings. The Balaban J connectivity index is 1.44. The van der Waals surface area contributed by atoms with Crippen molar-refractivity contribution in [3.63, 3.8) is 0 Å². The average molecular weight is 502 g/mol. The molecule has 1 fully saturated rings. The Hall–Kier alpha value is -3.12. The minimum atomic E-state index is -0.455. The monoisotopic (exact) mass is 501 g/mol. The Labute approximate surface area is 217 Å². The second-order valence-corrected chi connectivity index (χ2v) is 10.0. The standard InChI is InChI=1S/C30H32ClN3O2/c1-22-27(21-33(19-24-16-17-24)20-26(35)18-23-10-4-2-5-11-23)30(36-29-15-9-8-14-28(29)31)34(32-22)25-12-6-3-7-13-25/h2-15,24,26,35H,16-21H2,1H3/t26-/m0/s1. The first-order valence-corrected chi connectivity index (χ1v) is 12.9. The summed E-state index contributed by atoms with van der Waals surface area (Å²) in [6.07, 6.45) is 2.67. The van der Waals surface area contributed by atoms with Crippen molar-refractivity contribution in [2.24, 2.45) is 5.92 Å². The molecule has 0 spiro atoms. The molecule has 3 aromatic carbocycles. The second-order valence-electron chi connectivity index (χ2n) is 9.63. The van der Waals surface area contributed by atoms with E-state index in [0.29, 0.717) is 42.1 Å². The van der Waals surface area contributed by atoms with Crippen molar-refractivity contribution >= 4 is 11.6 Å². The molecule has 6 heteroatoms. The van der Waals surface area contributed by atoms with Crippen LogP contribution < -0.4 is 4.74 Å². The van der Waals surface area contributed by atoms with Crippen LogP contribution in [-0.4, -0.2) is 39.0 Å². The van der Waals surface area contributed by atoms with E-state index in [0.717, 1.165) is 29.1 Å². The summed E-state index contributed by atoms with van der Waals surface area (Å²) in [4.78, 5) is 2.35. The van der Waals surface area contributed by atoms with Crippen LogP contribution in [0.5, 0.6) is 11.6 Å². The van der Waals surface area contributed by atoms with Crippen LogP contribution in [0.1, 0.15) is 29.7 Å². The van der Waals surface area contributed by atoms with E-state index >= 15 is 0 Å². The van der Waals surface area contributed by atoms with E-state index in [4.69, 9.17) is 21.4 Å². The Kier molecular flexibility index (Phi) is 7.71. The van der Waals surface area contributed by atoms with Crippen LogP contribution in [0.2, 0.25) is 5.02 Å². The zero-order valence-electron chi connectivity index (χ0n) is 20.6. The molecule has 0 unspecified atom stereocenters. The highest BCUT2D eigenvalue weighted by Crippen LogP contribution is 2.36. The average Bonchev–Trinajstić information content (AvgIpc) is 3.65. The van der Waals surface area contributed by atoms with Gasteiger partial charge in [0.15, 0.2) is 0 Å². The summed E-state index contributed by atoms with van der Waals surface area (Å²) in [6.45, 7) is 4.20. The molecule has 186 valence electrons. The lowest BCUT2D eigenvalue weighted by atomic mass is 10.1. The number of aliphatic hydroxyl groups is 1. The van der Waals surface area contributed by atoms with E-state index in [9.17, 15) is 5.11 Å². The molecule has 5 nitrogen and oxygen atoms in total. The van der Waals surface area contributed by atoms with E-state index in [2.05, 4.69) is 17.0 Å². The second kappa shape index (κ2) is 11.3. The van der Waals surface area contributed by atoms with Crippen LogP contribution in [-0.2, 0) is 13.0 Å². The van der Waals surface area contributed by atoms with Crippen molar-refractivity contribution in [3.05, 3.63) is 107 Å². The van der Waals surface area contributed by atoms with E-state index in [-0.39, 0.29) is 0 Å². The first-order valence-electron chi connectivity index (χ1n) is 12.6. The number of nitrogens with zero attached hydrogens (tertiary/aromatic N) is 3. The van der Waals surface area contributed by atoms with Crippen LogP contribution in [0.3, 0.4) is 0 Å². The molecule has 36 heavy (non-hydrogen) atoms. The molecular formula is C30H32ClN3O2. The van der Waals surface area contributed by atoms with E-state index in [1.165, 1.54) is 12.8 Å². The molecule has 4 aromatic rings. The third kappa shape index (κ3) is 6.16. The summed E-state index contributed by atoms with van der Waals surface area (Å²) in [6, 6.07) is 27.7. The fourth-order valence-electron chi connectivity index (χ4n) is 4.54. The highest BCUT2D eigenvalue weighted by molar-refractivity contribution is 6.32. The maximum absolute atomic E-state index is 11.0. The van der Waals surface area contributed by atoms with Gasteiger partial charge >= 0.3 is 0 Å². The Morgan fingerprint density at radius 3 is 2.36 bits per heavy atom. The first kappa shape index (κ1) is 24.6. The van der Waals surface area contributed by atoms with Gasteiger partial charge < -0.3 is 9.84 Å². The summed E-state index contributed by atoms with van der Waals surface area (Å²) in [5, 5.41) is 16.4. The molecular weight excluding hydrogens is 470 g/mol. The van der Waals surface area contributed by atoms with Gasteiger partial charge in [0.1, 0.15) is 5.75 Å². The number of aryl methyl sites for hydroxylation is 1. The van der Waals surface area contributed by atoms with Gasteiger partial charge in [0.25, 0.3) is 0 Å². The molecule has 1 saturated carbocycles. The SMILES string of the molecule is Cc1nn(-c2ccccc2)c(Oc2ccccc2Cl)c1CN(CC1CC1)C[C@@H](O)Cc1ccccc1. The molecule has 1 aliphatic carbocycles. The zero-order chi connectivity index (χ0) is 24.9. The fraction of sp³-hybridized carbons (Fsp3) is 0.300. The highest BCUT2D eigenvalue weighted by atomic mass is 35.5. The fourth-order valence-corrected chi connectivity index (χ4v) is 4.72. The lowest BCUT2D eigenvalue weighted by Crippen LogP contribution is -2.35. The van der Waals surface area contributed by atoms with E-state index in [1.54, 1.807) is 0 Å². The quantitative estimate of drug-likeness (QED) is 0.257. The predicted octanol–water partition coefficient (Wildman–Crippen LogP) is 6.44. The molecule has 0 radical (unpaired) electrons. The minimum absolute atomic E-state index is 0.455. The van der Waals surface area contributed by atoms with Crippen molar-refractivity contribution < 1.29 is 9.84 Å². The van der Waals surface area contributed by atoms with Crippen molar-refractivity contribution in [2.45, 2.75) is 38.8 Å². The number of rotatable bonds is 11. The van der Waals surface area contributed by atoms with Gasteiger partial charge in [0.2, 0.25) is 5.88 Å². The molecule has 5 rings (SSSR count). The summed E-state index contributed by atoms with van der Waals surface area (Å²) < 4.78 is 8.30. The molecule has 0 bridgehead atoms. The number of halogens is 1. The third-order valence-corrected chi connectivity index (χ3v) is 6.87. The molecule has 0 amide bonds. The number of hydrogen-bond acceptors (Lipinski definition) is 4. The Bertz CT molecular complexity index is 1270. The van der Waals surface area contributed by atoms with Crippen LogP contribution >= 0.6 is 11.6 Å². The number of ether oxygens (including phenoxy) is 1. The van der Waals surface area contributed by atoms with E-state index < -0.39 is 6.10 Å². The van der Waals surface area contributed by atoms with Crippen molar-refractivity contribution in [2.75, 3.05) is 13.1 Å². The lowest BCUT2D eigenvalue weighted by molar-refractivity contribution is 0.105. The van der Waals surface area contributed by atoms with Gasteiger partial charge in [-0.15, -0.1) is 0 Å². The smallest absolute Gasteiger partial charge is 0.227 e. The normalized spacial score (nSPS) is 14.2. The number of hydrogen-bond donors (Lipinski definition) is 1. The maximum Gasteiger partial charge on any atom is 0.227 e. The summed E-state index contributed by atoms with van der Waals surface area (Å²) in [7, 11) is 0. The topological polar surface area (TPSA) is 50.5 Å². The van der Waals surface area contributed by atoms with Gasteiger partial charge in [-0.3, -0.25) is 4.90 Å². The highest BCUT2D eigenvalue weighted by Gasteiger charge is 2.28. The van der Waals surface area contributed by atoms with Gasteiger partial charge in [-0.05, 0) is 61.9 Å². The summed E-state index contributed by atoms with van der Waals surface area (Å²) in [5.74, 6) is 1.94. The van der Waals surface area contributed by atoms with Crippen LogP contribution in [0.25, 0.3) is 5.69 Å². The van der Waals surface area contributed by atoms with Gasteiger partial charge in [-0.2, -0.15) is 5.10 Å². The van der Waals surface area contributed by atoms with Crippen LogP contribution in [0.15, 0.2) is 84.9 Å². The van der Waals surface area contributed by atoms with Gasteiger partial charge in [0.05, 0.1) is 28.1 Å². The van der Waals surface area contributed by atoms with Gasteiger partial charge in [-0.1, -0.05) is 72.3 Å². The zero-order valence-corrected chi connectivity index (χ0v) is 21.3. The number of aliphatic hydroxyl groups excluding tert-OH is 1. The molecule has 1 atom stereocenters. The van der Waals surface area contributed by atoms with Crippen LogP contribution in [0, 0.1) is 12.8 Å². The lowest BCUT2D eigenvalue weighted by Gasteiger charge is -2.25. The molecule has 1 heterocycles. The van der Waals surface area contributed by atoms with Gasteiger partial charge in [0, 0.05) is 19.6 Å². The van der Waals surface area contributed by atoms with Crippen molar-refractivity contribution in [3.8, 4) is 17.3 Å². The Morgan fingerprint density at radius 2 is 1.67 bits per heavy atom. The molecule has 0 saturated heterocycles. The molecule has 0 aliphatic heterocycles. The first-order chi connectivity index (χ1) is 17.6. The predicted molar refractivity (Wildman–Crippen MR) is 144 cm³/mol. The minimum Gasteiger partial charge on any atom is -0.437 e. The van der Waals surface area contributed by atoms with E-state index in [1.807, 2.05) is 84.4 Å². The molecule has 1 N–H and O–H groups in total. The molecule has 1 aromatic heterocycles. The number of aromatic nitrogens is 2. The number of para-hydroxylation sites is 2. The number of benzene rings is 3. The Morgan fingerprint density at radius 1 is 1.00 bits per heavy atom. The maximum atomic E-state index is 11.0. The van der Waals surface area contributed by atoms with Crippen molar-refractivity contribution in [1.82, 2.24) is 14.7 Å².